The van der Waals surface area contributed by atoms with E-state index in [4.69, 9.17) is 0 Å². The zero-order valence-electron chi connectivity index (χ0n) is 10.4. The van der Waals surface area contributed by atoms with E-state index in [0.717, 1.165) is 38.5 Å². The van der Waals surface area contributed by atoms with Gasteiger partial charge in [0.25, 0.3) is 0 Å². The molecule has 0 aromatic carbocycles. The average molecular weight is 313 g/mol. The van der Waals surface area contributed by atoms with Crippen LogP contribution in [0.2, 0.25) is 0 Å². The number of carbonyl (C=O) groups excluding carboxylic acids is 1. The predicted molar refractivity (Wildman–Crippen MR) is 73.8 cm³/mol. The first-order valence-corrected chi connectivity index (χ1v) is 7.08. The number of hydrogen-bond acceptors (Lipinski definition) is 4. The van der Waals surface area contributed by atoms with Crippen molar-refractivity contribution in [1.29, 1.82) is 0 Å². The number of halogens is 1. The summed E-state index contributed by atoms with van der Waals surface area (Å²) in [4.78, 5) is 24.4. The fraction of sp³-hybridized carbons (Fsp3) is 0.583. The Labute approximate surface area is 115 Å². The molecule has 1 unspecified atom stereocenters. The fourth-order valence-corrected chi connectivity index (χ4v) is 2.24. The second kappa shape index (κ2) is 6.13. The smallest absolute Gasteiger partial charge is 0.236 e. The van der Waals surface area contributed by atoms with Gasteiger partial charge in [-0.05, 0) is 12.5 Å². The molecule has 1 aromatic heterocycles. The highest BCUT2D eigenvalue weighted by atomic mass is 79.9. The molecule has 1 aliphatic heterocycles. The SMILES string of the molecule is CCC(Br)C(=O)N1CCN(c2ncccn2)CC1. The number of aromatic nitrogens is 2. The molecule has 5 nitrogen and oxygen atoms in total. The van der Waals surface area contributed by atoms with Crippen molar-refractivity contribution in [1.82, 2.24) is 14.9 Å². The summed E-state index contributed by atoms with van der Waals surface area (Å²) in [5.41, 5.74) is 0. The van der Waals surface area contributed by atoms with Crippen molar-refractivity contribution in [3.8, 4) is 0 Å². The number of rotatable bonds is 3. The van der Waals surface area contributed by atoms with Crippen LogP contribution in [0.15, 0.2) is 18.5 Å². The summed E-state index contributed by atoms with van der Waals surface area (Å²) < 4.78 is 0. The van der Waals surface area contributed by atoms with Crippen LogP contribution in [0.4, 0.5) is 5.95 Å². The first-order chi connectivity index (χ1) is 8.72. The molecule has 1 aliphatic rings. The van der Waals surface area contributed by atoms with Gasteiger partial charge in [0, 0.05) is 38.6 Å². The Morgan fingerprint density at radius 3 is 2.50 bits per heavy atom. The highest BCUT2D eigenvalue weighted by molar-refractivity contribution is 9.10. The third-order valence-corrected chi connectivity index (χ3v) is 4.09. The molecule has 2 heterocycles. The predicted octanol–water partition coefficient (Wildman–Crippen LogP) is 1.30. The Hall–Kier alpha value is -1.17. The first-order valence-electron chi connectivity index (χ1n) is 6.17. The van der Waals surface area contributed by atoms with Crippen molar-refractivity contribution in [3.63, 3.8) is 0 Å². The number of hydrogen-bond donors (Lipinski definition) is 0. The Bertz CT molecular complexity index is 392. The van der Waals surface area contributed by atoms with E-state index in [2.05, 4.69) is 30.8 Å². The van der Waals surface area contributed by atoms with Crippen LogP contribution in [0, 0.1) is 0 Å². The molecule has 1 amide bonds. The lowest BCUT2D eigenvalue weighted by molar-refractivity contribution is -0.130. The Morgan fingerprint density at radius 2 is 1.94 bits per heavy atom. The summed E-state index contributed by atoms with van der Waals surface area (Å²) in [6.45, 7) is 5.06. The van der Waals surface area contributed by atoms with Crippen LogP contribution >= 0.6 is 15.9 Å². The van der Waals surface area contributed by atoms with Gasteiger partial charge in [0.1, 0.15) is 0 Å². The summed E-state index contributed by atoms with van der Waals surface area (Å²) >= 11 is 3.41. The molecule has 18 heavy (non-hydrogen) atoms. The van der Waals surface area contributed by atoms with Crippen molar-refractivity contribution in [2.75, 3.05) is 31.1 Å². The molecule has 0 bridgehead atoms. The van der Waals surface area contributed by atoms with Gasteiger partial charge in [-0.1, -0.05) is 22.9 Å². The molecular formula is C12H17BrN4O. The molecule has 98 valence electrons. The number of piperazine rings is 1. The van der Waals surface area contributed by atoms with Gasteiger partial charge in [-0.25, -0.2) is 9.97 Å². The molecule has 0 spiro atoms. The van der Waals surface area contributed by atoms with E-state index in [1.165, 1.54) is 0 Å². The molecule has 1 aromatic rings. The quantitative estimate of drug-likeness (QED) is 0.789. The molecule has 1 atom stereocenters. The molecule has 0 aliphatic carbocycles. The summed E-state index contributed by atoms with van der Waals surface area (Å²) in [5, 5.41) is 0. The van der Waals surface area contributed by atoms with E-state index in [1.807, 2.05) is 11.8 Å². The van der Waals surface area contributed by atoms with Crippen molar-refractivity contribution in [2.45, 2.75) is 18.2 Å². The first kappa shape index (κ1) is 13.3. The second-order valence-corrected chi connectivity index (χ2v) is 5.34. The van der Waals surface area contributed by atoms with Gasteiger partial charge < -0.3 is 9.80 Å². The van der Waals surface area contributed by atoms with Gasteiger partial charge in [-0.15, -0.1) is 0 Å². The number of alkyl halides is 1. The Kier molecular flexibility index (Phi) is 4.52. The van der Waals surface area contributed by atoms with Gasteiger partial charge in [0.2, 0.25) is 11.9 Å². The van der Waals surface area contributed by atoms with E-state index in [9.17, 15) is 4.79 Å². The van der Waals surface area contributed by atoms with Crippen LogP contribution in [0.25, 0.3) is 0 Å². The maximum absolute atomic E-state index is 12.0. The van der Waals surface area contributed by atoms with Crippen LogP contribution in [-0.2, 0) is 4.79 Å². The van der Waals surface area contributed by atoms with Crippen LogP contribution in [-0.4, -0.2) is 51.8 Å². The normalized spacial score (nSPS) is 17.7. The summed E-state index contributed by atoms with van der Waals surface area (Å²) in [6, 6.07) is 1.81. The van der Waals surface area contributed by atoms with Gasteiger partial charge in [0.05, 0.1) is 4.83 Å². The van der Waals surface area contributed by atoms with Crippen molar-refractivity contribution < 1.29 is 4.79 Å². The van der Waals surface area contributed by atoms with Gasteiger partial charge in [0.15, 0.2) is 0 Å². The van der Waals surface area contributed by atoms with Gasteiger partial charge in [-0.2, -0.15) is 0 Å². The highest BCUT2D eigenvalue weighted by Crippen LogP contribution is 2.14. The Balaban J connectivity index is 1.90. The lowest BCUT2D eigenvalue weighted by Crippen LogP contribution is -2.51. The second-order valence-electron chi connectivity index (χ2n) is 4.24. The molecule has 0 N–H and O–H groups in total. The molecule has 2 rings (SSSR count). The van der Waals surface area contributed by atoms with Crippen LogP contribution in [0.5, 0.6) is 0 Å². The maximum Gasteiger partial charge on any atom is 0.236 e. The molecule has 0 radical (unpaired) electrons. The topological polar surface area (TPSA) is 49.3 Å². The summed E-state index contributed by atoms with van der Waals surface area (Å²) in [7, 11) is 0. The summed E-state index contributed by atoms with van der Waals surface area (Å²) in [6.07, 6.45) is 4.30. The zero-order valence-corrected chi connectivity index (χ0v) is 12.0. The molecule has 1 saturated heterocycles. The van der Waals surface area contributed by atoms with Crippen molar-refractivity contribution in [3.05, 3.63) is 18.5 Å². The third kappa shape index (κ3) is 2.98. The monoisotopic (exact) mass is 312 g/mol. The maximum atomic E-state index is 12.0. The largest absolute Gasteiger partial charge is 0.338 e. The van der Waals surface area contributed by atoms with Gasteiger partial charge >= 0.3 is 0 Å². The minimum absolute atomic E-state index is 0.0583. The third-order valence-electron chi connectivity index (χ3n) is 3.05. The van der Waals surface area contributed by atoms with Crippen molar-refractivity contribution >= 4 is 27.8 Å². The van der Waals surface area contributed by atoms with E-state index in [0.29, 0.717) is 0 Å². The summed E-state index contributed by atoms with van der Waals surface area (Å²) in [5.74, 6) is 0.932. The molecular weight excluding hydrogens is 296 g/mol. The van der Waals surface area contributed by atoms with E-state index in [1.54, 1.807) is 18.5 Å². The Morgan fingerprint density at radius 1 is 1.33 bits per heavy atom. The number of nitrogens with zero attached hydrogens (tertiary/aromatic N) is 4. The van der Waals surface area contributed by atoms with Crippen molar-refractivity contribution in [2.24, 2.45) is 0 Å². The number of carbonyl (C=O) groups is 1. The van der Waals surface area contributed by atoms with E-state index >= 15 is 0 Å². The van der Waals surface area contributed by atoms with Gasteiger partial charge in [-0.3, -0.25) is 4.79 Å². The number of anilines is 1. The lowest BCUT2D eigenvalue weighted by Gasteiger charge is -2.35. The standard InChI is InChI=1S/C12H17BrN4O/c1-2-10(13)11(18)16-6-8-17(9-7-16)12-14-4-3-5-15-12/h3-5,10H,2,6-9H2,1H3. The minimum Gasteiger partial charge on any atom is -0.338 e. The molecule has 0 saturated carbocycles. The average Bonchev–Trinajstić information content (AvgIpc) is 2.47. The molecule has 6 heteroatoms. The van der Waals surface area contributed by atoms with Crippen LogP contribution in [0.1, 0.15) is 13.3 Å². The molecule has 1 fully saturated rings. The highest BCUT2D eigenvalue weighted by Gasteiger charge is 2.25. The van der Waals surface area contributed by atoms with Crippen LogP contribution < -0.4 is 4.90 Å². The minimum atomic E-state index is -0.0583. The zero-order chi connectivity index (χ0) is 13.0. The lowest BCUT2D eigenvalue weighted by atomic mass is 10.2. The number of amides is 1. The van der Waals surface area contributed by atoms with E-state index in [-0.39, 0.29) is 10.7 Å². The van der Waals surface area contributed by atoms with Crippen LogP contribution in [0.3, 0.4) is 0 Å². The fourth-order valence-electron chi connectivity index (χ4n) is 1.95. The van der Waals surface area contributed by atoms with E-state index < -0.39 is 0 Å².